The van der Waals surface area contributed by atoms with E-state index in [4.69, 9.17) is 4.74 Å². The van der Waals surface area contributed by atoms with Gasteiger partial charge >= 0.3 is 0 Å². The summed E-state index contributed by atoms with van der Waals surface area (Å²) in [7, 11) is 0. The van der Waals surface area contributed by atoms with Crippen molar-refractivity contribution < 1.29 is 4.74 Å². The molecule has 0 rings (SSSR count). The molecule has 0 radical (unpaired) electrons. The fourth-order valence-electron chi connectivity index (χ4n) is 0.838. The van der Waals surface area contributed by atoms with Gasteiger partial charge in [-0.1, -0.05) is 36.2 Å². The van der Waals surface area contributed by atoms with Crippen molar-refractivity contribution in [3.63, 3.8) is 0 Å². The zero-order valence-corrected chi connectivity index (χ0v) is 8.65. The van der Waals surface area contributed by atoms with Crippen LogP contribution >= 0.6 is 15.9 Å². The highest BCUT2D eigenvalue weighted by Gasteiger charge is 2.13. The number of rotatable bonds is 5. The molecule has 0 saturated carbocycles. The Hall–Kier alpha value is 0.440. The summed E-state index contributed by atoms with van der Waals surface area (Å²) in [4.78, 5) is 0. The Balaban J connectivity index is 3.56. The Morgan fingerprint density at radius 2 is 2.00 bits per heavy atom. The predicted molar refractivity (Wildman–Crippen MR) is 48.7 cm³/mol. The van der Waals surface area contributed by atoms with Gasteiger partial charge in [-0.25, -0.2) is 0 Å². The summed E-state index contributed by atoms with van der Waals surface area (Å²) < 4.78 is 5.50. The lowest BCUT2D eigenvalue weighted by molar-refractivity contribution is 0.0419. The molecule has 0 aromatic carbocycles. The van der Waals surface area contributed by atoms with Gasteiger partial charge in [0, 0.05) is 11.9 Å². The van der Waals surface area contributed by atoms with Gasteiger partial charge in [-0.3, -0.25) is 0 Å². The van der Waals surface area contributed by atoms with Crippen LogP contribution in [0.2, 0.25) is 0 Å². The van der Waals surface area contributed by atoms with Crippen LogP contribution in [0.5, 0.6) is 0 Å². The molecule has 0 N–H and O–H groups in total. The fourth-order valence-corrected chi connectivity index (χ4v) is 1.66. The molecule has 0 saturated heterocycles. The summed E-state index contributed by atoms with van der Waals surface area (Å²) in [5, 5.41) is 0.954. The van der Waals surface area contributed by atoms with Gasteiger partial charge in [0.1, 0.15) is 0 Å². The summed E-state index contributed by atoms with van der Waals surface area (Å²) in [5.74, 6) is 0.666. The molecule has 0 aromatic rings. The average molecular weight is 209 g/mol. The smallest absolute Gasteiger partial charge is 0.0697 e. The van der Waals surface area contributed by atoms with Gasteiger partial charge in [-0.2, -0.15) is 0 Å². The van der Waals surface area contributed by atoms with Crippen molar-refractivity contribution in [1.29, 1.82) is 0 Å². The highest BCUT2D eigenvalue weighted by molar-refractivity contribution is 9.09. The molecule has 0 aliphatic carbocycles. The van der Waals surface area contributed by atoms with Crippen LogP contribution in [0, 0.1) is 5.92 Å². The first-order valence-electron chi connectivity index (χ1n) is 3.93. The highest BCUT2D eigenvalue weighted by atomic mass is 79.9. The third-order valence-corrected chi connectivity index (χ3v) is 2.45. The fraction of sp³-hybridized carbons (Fsp3) is 1.00. The highest BCUT2D eigenvalue weighted by Crippen LogP contribution is 2.13. The van der Waals surface area contributed by atoms with Crippen molar-refractivity contribution in [2.45, 2.75) is 33.3 Å². The molecule has 0 aliphatic rings. The van der Waals surface area contributed by atoms with Crippen molar-refractivity contribution in [3.8, 4) is 0 Å². The van der Waals surface area contributed by atoms with Crippen LogP contribution in [-0.4, -0.2) is 18.0 Å². The number of ether oxygens (including phenoxy) is 1. The van der Waals surface area contributed by atoms with E-state index in [-0.39, 0.29) is 0 Å². The summed E-state index contributed by atoms with van der Waals surface area (Å²) in [6.07, 6.45) is 1.59. The molecule has 2 heteroatoms. The van der Waals surface area contributed by atoms with E-state index in [9.17, 15) is 0 Å². The minimum Gasteiger partial charge on any atom is -0.377 e. The minimum absolute atomic E-state index is 0.398. The molecule has 0 aromatic heterocycles. The van der Waals surface area contributed by atoms with E-state index in [2.05, 4.69) is 29.8 Å². The van der Waals surface area contributed by atoms with Gasteiger partial charge in [0.15, 0.2) is 0 Å². The maximum atomic E-state index is 5.50. The number of hydrogen-bond acceptors (Lipinski definition) is 1. The summed E-state index contributed by atoms with van der Waals surface area (Å²) in [6.45, 7) is 7.28. The Morgan fingerprint density at radius 1 is 1.40 bits per heavy atom. The molecule has 0 bridgehead atoms. The normalized spacial score (nSPS) is 16.8. The van der Waals surface area contributed by atoms with Crippen molar-refractivity contribution in [2.24, 2.45) is 5.92 Å². The second-order valence-corrected chi connectivity index (χ2v) is 3.18. The summed E-state index contributed by atoms with van der Waals surface area (Å²) >= 11 is 3.43. The number of alkyl halides is 1. The van der Waals surface area contributed by atoms with Gasteiger partial charge in [-0.15, -0.1) is 0 Å². The molecule has 2 atom stereocenters. The number of halogens is 1. The lowest BCUT2D eigenvalue weighted by atomic mass is 10.0. The molecule has 2 unspecified atom stereocenters. The standard InChI is InChI=1S/C8H17BrO/c1-4-7(3)8(6-9)10-5-2/h7-8H,4-6H2,1-3H3. The maximum Gasteiger partial charge on any atom is 0.0697 e. The quantitative estimate of drug-likeness (QED) is 0.632. The van der Waals surface area contributed by atoms with E-state index in [1.54, 1.807) is 0 Å². The monoisotopic (exact) mass is 208 g/mol. The molecular formula is C8H17BrO. The van der Waals surface area contributed by atoms with Gasteiger partial charge in [0.2, 0.25) is 0 Å². The maximum absolute atomic E-state index is 5.50. The third kappa shape index (κ3) is 3.57. The largest absolute Gasteiger partial charge is 0.377 e. The molecule has 62 valence electrons. The molecule has 1 nitrogen and oxygen atoms in total. The first kappa shape index (κ1) is 10.4. The van der Waals surface area contributed by atoms with Crippen LogP contribution in [0.4, 0.5) is 0 Å². The summed E-state index contributed by atoms with van der Waals surface area (Å²) in [6, 6.07) is 0. The zero-order valence-electron chi connectivity index (χ0n) is 7.06. The van der Waals surface area contributed by atoms with Crippen molar-refractivity contribution in [3.05, 3.63) is 0 Å². The molecule has 10 heavy (non-hydrogen) atoms. The van der Waals surface area contributed by atoms with Crippen LogP contribution in [-0.2, 0) is 4.74 Å². The van der Waals surface area contributed by atoms with Crippen LogP contribution in [0.15, 0.2) is 0 Å². The molecule has 0 aliphatic heterocycles. The average Bonchev–Trinajstić information content (AvgIpc) is 1.99. The Morgan fingerprint density at radius 3 is 2.30 bits per heavy atom. The Bertz CT molecular complexity index is 75.7. The van der Waals surface area contributed by atoms with E-state index in [0.29, 0.717) is 12.0 Å². The van der Waals surface area contributed by atoms with Gasteiger partial charge in [-0.05, 0) is 12.8 Å². The number of hydrogen-bond donors (Lipinski definition) is 0. The summed E-state index contributed by atoms with van der Waals surface area (Å²) in [5.41, 5.74) is 0. The molecular weight excluding hydrogens is 192 g/mol. The second kappa shape index (κ2) is 6.17. The first-order valence-corrected chi connectivity index (χ1v) is 5.05. The predicted octanol–water partition coefficient (Wildman–Crippen LogP) is 2.83. The lowest BCUT2D eigenvalue weighted by Crippen LogP contribution is -2.22. The van der Waals surface area contributed by atoms with E-state index in [0.717, 1.165) is 11.9 Å². The van der Waals surface area contributed by atoms with Crippen LogP contribution in [0.25, 0.3) is 0 Å². The van der Waals surface area contributed by atoms with Crippen LogP contribution < -0.4 is 0 Å². The minimum atomic E-state index is 0.398. The van der Waals surface area contributed by atoms with Crippen molar-refractivity contribution in [1.82, 2.24) is 0 Å². The van der Waals surface area contributed by atoms with Crippen molar-refractivity contribution >= 4 is 15.9 Å². The SMILES string of the molecule is CCOC(CBr)C(C)CC. The second-order valence-electron chi connectivity index (χ2n) is 2.53. The topological polar surface area (TPSA) is 9.23 Å². The van der Waals surface area contributed by atoms with Gasteiger partial charge in [0.25, 0.3) is 0 Å². The Labute approximate surface area is 72.3 Å². The van der Waals surface area contributed by atoms with E-state index in [1.807, 2.05) is 6.92 Å². The zero-order chi connectivity index (χ0) is 7.98. The van der Waals surface area contributed by atoms with Crippen LogP contribution in [0.3, 0.4) is 0 Å². The lowest BCUT2D eigenvalue weighted by Gasteiger charge is -2.19. The Kier molecular flexibility index (Phi) is 6.44. The molecule has 0 fully saturated rings. The van der Waals surface area contributed by atoms with Gasteiger partial charge < -0.3 is 4.74 Å². The van der Waals surface area contributed by atoms with E-state index < -0.39 is 0 Å². The molecule has 0 spiro atoms. The van der Waals surface area contributed by atoms with E-state index >= 15 is 0 Å². The third-order valence-electron chi connectivity index (χ3n) is 1.81. The van der Waals surface area contributed by atoms with E-state index in [1.165, 1.54) is 6.42 Å². The molecule has 0 heterocycles. The molecule has 0 amide bonds. The van der Waals surface area contributed by atoms with Crippen molar-refractivity contribution in [2.75, 3.05) is 11.9 Å². The van der Waals surface area contributed by atoms with Gasteiger partial charge in [0.05, 0.1) is 6.10 Å². The first-order chi connectivity index (χ1) is 4.76. The van der Waals surface area contributed by atoms with Crippen LogP contribution in [0.1, 0.15) is 27.2 Å².